The molecule has 6 heteroatoms. The predicted octanol–water partition coefficient (Wildman–Crippen LogP) is 4.98. The van der Waals surface area contributed by atoms with Gasteiger partial charge in [0, 0.05) is 19.0 Å². The number of ether oxygens (including phenoxy) is 2. The molecule has 0 aromatic rings. The van der Waals surface area contributed by atoms with Gasteiger partial charge in [-0.15, -0.1) is 23.5 Å². The SMILES string of the molecule is CC1(C)CC(OC(=O)C(=O)OC2CC(C)(C)SC(C)(C)C2)CC(C)(C)S1. The van der Waals surface area contributed by atoms with Crippen LogP contribution in [0, 0.1) is 0 Å². The molecule has 2 heterocycles. The van der Waals surface area contributed by atoms with Gasteiger partial charge in [-0.05, 0) is 25.7 Å². The Balaban J connectivity index is 1.94. The molecule has 0 aromatic carbocycles. The average Bonchev–Trinajstić information content (AvgIpc) is 2.29. The monoisotopic (exact) mass is 402 g/mol. The Morgan fingerprint density at radius 3 is 1.08 bits per heavy atom. The highest BCUT2D eigenvalue weighted by Crippen LogP contribution is 2.49. The summed E-state index contributed by atoms with van der Waals surface area (Å²) >= 11 is 3.81. The number of rotatable bonds is 2. The maximum Gasteiger partial charge on any atom is 0.417 e. The summed E-state index contributed by atoms with van der Waals surface area (Å²) < 4.78 is 11.2. The maximum absolute atomic E-state index is 12.3. The molecule has 2 rings (SSSR count). The van der Waals surface area contributed by atoms with Crippen LogP contribution in [0.25, 0.3) is 0 Å². The Kier molecular flexibility index (Phi) is 6.10. The maximum atomic E-state index is 12.3. The molecular formula is C20H34O4S2. The van der Waals surface area contributed by atoms with Crippen molar-refractivity contribution in [3.05, 3.63) is 0 Å². The molecular weight excluding hydrogens is 368 g/mol. The number of carbonyl (C=O) groups is 2. The van der Waals surface area contributed by atoms with Crippen molar-refractivity contribution < 1.29 is 19.1 Å². The molecule has 0 spiro atoms. The summed E-state index contributed by atoms with van der Waals surface area (Å²) in [4.78, 5) is 24.6. The van der Waals surface area contributed by atoms with Crippen LogP contribution in [0.1, 0.15) is 81.1 Å². The van der Waals surface area contributed by atoms with Crippen molar-refractivity contribution in [2.24, 2.45) is 0 Å². The van der Waals surface area contributed by atoms with Gasteiger partial charge in [-0.25, -0.2) is 9.59 Å². The molecule has 2 saturated heterocycles. The normalized spacial score (nSPS) is 27.5. The summed E-state index contributed by atoms with van der Waals surface area (Å²) in [5.74, 6) is -1.69. The highest BCUT2D eigenvalue weighted by Gasteiger charge is 2.43. The molecule has 0 bridgehead atoms. The van der Waals surface area contributed by atoms with Crippen molar-refractivity contribution in [1.29, 1.82) is 0 Å². The van der Waals surface area contributed by atoms with Gasteiger partial charge < -0.3 is 9.47 Å². The highest BCUT2D eigenvalue weighted by atomic mass is 32.2. The van der Waals surface area contributed by atoms with E-state index in [2.05, 4.69) is 55.4 Å². The quantitative estimate of drug-likeness (QED) is 0.480. The van der Waals surface area contributed by atoms with Gasteiger partial charge in [0.25, 0.3) is 0 Å². The Morgan fingerprint density at radius 2 is 0.846 bits per heavy atom. The van der Waals surface area contributed by atoms with Crippen molar-refractivity contribution >= 4 is 35.5 Å². The van der Waals surface area contributed by atoms with E-state index in [0.29, 0.717) is 0 Å². The topological polar surface area (TPSA) is 52.6 Å². The van der Waals surface area contributed by atoms with Crippen molar-refractivity contribution in [3.63, 3.8) is 0 Å². The van der Waals surface area contributed by atoms with Crippen LogP contribution < -0.4 is 0 Å². The fraction of sp³-hybridized carbons (Fsp3) is 0.900. The highest BCUT2D eigenvalue weighted by molar-refractivity contribution is 8.02. The van der Waals surface area contributed by atoms with E-state index >= 15 is 0 Å². The van der Waals surface area contributed by atoms with Crippen LogP contribution >= 0.6 is 23.5 Å². The minimum absolute atomic E-state index is 0.0191. The third-order valence-electron chi connectivity index (χ3n) is 4.70. The van der Waals surface area contributed by atoms with E-state index in [1.54, 1.807) is 0 Å². The van der Waals surface area contributed by atoms with E-state index in [1.165, 1.54) is 0 Å². The molecule has 0 amide bonds. The van der Waals surface area contributed by atoms with Crippen molar-refractivity contribution in [1.82, 2.24) is 0 Å². The second-order valence-electron chi connectivity index (χ2n) is 10.1. The van der Waals surface area contributed by atoms with Gasteiger partial charge in [-0.2, -0.15) is 0 Å². The summed E-state index contributed by atoms with van der Waals surface area (Å²) in [6.45, 7) is 17.2. The minimum Gasteiger partial charge on any atom is -0.454 e. The Hall–Kier alpha value is -0.360. The van der Waals surface area contributed by atoms with Crippen LogP contribution in [0.2, 0.25) is 0 Å². The lowest BCUT2D eigenvalue weighted by atomic mass is 9.95. The number of hydrogen-bond donors (Lipinski definition) is 0. The molecule has 0 atom stereocenters. The summed E-state index contributed by atoms with van der Waals surface area (Å²) in [7, 11) is 0. The molecule has 26 heavy (non-hydrogen) atoms. The first kappa shape index (κ1) is 21.9. The summed E-state index contributed by atoms with van der Waals surface area (Å²) in [5, 5.41) is 0. The largest absolute Gasteiger partial charge is 0.454 e. The third-order valence-corrected chi connectivity index (χ3v) is 7.57. The summed E-state index contributed by atoms with van der Waals surface area (Å²) in [5.41, 5.74) is 0. The zero-order valence-corrected chi connectivity index (χ0v) is 19.1. The second-order valence-corrected chi connectivity index (χ2v) is 14.9. The van der Waals surface area contributed by atoms with Crippen LogP contribution in [-0.2, 0) is 19.1 Å². The molecule has 0 aliphatic carbocycles. The van der Waals surface area contributed by atoms with Crippen molar-refractivity contribution in [2.45, 2.75) is 112 Å². The van der Waals surface area contributed by atoms with Gasteiger partial charge in [-0.3, -0.25) is 0 Å². The first-order valence-corrected chi connectivity index (χ1v) is 11.0. The van der Waals surface area contributed by atoms with Crippen molar-refractivity contribution in [2.75, 3.05) is 0 Å². The molecule has 0 aromatic heterocycles. The fourth-order valence-electron chi connectivity index (χ4n) is 4.57. The smallest absolute Gasteiger partial charge is 0.417 e. The van der Waals surface area contributed by atoms with Crippen LogP contribution in [0.3, 0.4) is 0 Å². The van der Waals surface area contributed by atoms with E-state index in [-0.39, 0.29) is 31.2 Å². The van der Waals surface area contributed by atoms with E-state index in [0.717, 1.165) is 25.7 Å². The predicted molar refractivity (Wildman–Crippen MR) is 110 cm³/mol. The summed E-state index contributed by atoms with van der Waals surface area (Å²) in [6.07, 6.45) is 2.52. The molecule has 0 radical (unpaired) electrons. The Bertz CT molecular complexity index is 484. The Morgan fingerprint density at radius 1 is 0.615 bits per heavy atom. The van der Waals surface area contributed by atoms with Crippen LogP contribution in [-0.4, -0.2) is 43.1 Å². The van der Waals surface area contributed by atoms with E-state index < -0.39 is 11.9 Å². The zero-order chi connectivity index (χ0) is 20.0. The third kappa shape index (κ3) is 6.36. The first-order valence-electron chi connectivity index (χ1n) is 9.40. The first-order chi connectivity index (χ1) is 11.6. The van der Waals surface area contributed by atoms with Crippen LogP contribution in [0.5, 0.6) is 0 Å². The van der Waals surface area contributed by atoms with Gasteiger partial charge >= 0.3 is 11.9 Å². The molecule has 4 nitrogen and oxygen atoms in total. The van der Waals surface area contributed by atoms with Gasteiger partial charge in [0.2, 0.25) is 0 Å². The molecule has 150 valence electrons. The van der Waals surface area contributed by atoms with E-state index in [4.69, 9.17) is 9.47 Å². The lowest BCUT2D eigenvalue weighted by Crippen LogP contribution is -2.44. The average molecular weight is 403 g/mol. The number of hydrogen-bond acceptors (Lipinski definition) is 6. The number of thioether (sulfide) groups is 2. The molecule has 0 N–H and O–H groups in total. The molecule has 0 unspecified atom stereocenters. The van der Waals surface area contributed by atoms with Gasteiger partial charge in [0.1, 0.15) is 12.2 Å². The van der Waals surface area contributed by atoms with Crippen molar-refractivity contribution in [3.8, 4) is 0 Å². The molecule has 2 aliphatic rings. The van der Waals surface area contributed by atoms with Gasteiger partial charge in [-0.1, -0.05) is 55.4 Å². The molecule has 2 fully saturated rings. The lowest BCUT2D eigenvalue weighted by Gasteiger charge is -2.44. The minimum atomic E-state index is -0.845. The lowest BCUT2D eigenvalue weighted by molar-refractivity contribution is -0.175. The molecule has 2 aliphatic heterocycles. The van der Waals surface area contributed by atoms with Gasteiger partial charge in [0.05, 0.1) is 0 Å². The zero-order valence-electron chi connectivity index (χ0n) is 17.4. The summed E-state index contributed by atoms with van der Waals surface area (Å²) in [6, 6.07) is 0. The standard InChI is InChI=1S/C20H34O4S2/c1-17(2)9-13(10-18(3,4)25-17)23-15(21)16(22)24-14-11-19(5,6)26-20(7,8)12-14/h13-14H,9-12H2,1-8H3. The van der Waals surface area contributed by atoms with E-state index in [1.807, 2.05) is 23.5 Å². The van der Waals surface area contributed by atoms with Gasteiger partial charge in [0.15, 0.2) is 0 Å². The second kappa shape index (κ2) is 7.23. The van der Waals surface area contributed by atoms with E-state index in [9.17, 15) is 9.59 Å². The molecule has 0 saturated carbocycles. The Labute approximate surface area is 166 Å². The van der Waals surface area contributed by atoms with Crippen LogP contribution in [0.15, 0.2) is 0 Å². The fourth-order valence-corrected chi connectivity index (χ4v) is 8.63. The number of esters is 2. The van der Waals surface area contributed by atoms with Crippen LogP contribution in [0.4, 0.5) is 0 Å². The number of carbonyl (C=O) groups excluding carboxylic acids is 2.